The van der Waals surface area contributed by atoms with Gasteiger partial charge in [-0.2, -0.15) is 0 Å². The summed E-state index contributed by atoms with van der Waals surface area (Å²) in [6, 6.07) is 89.8. The van der Waals surface area contributed by atoms with Crippen molar-refractivity contribution in [3.8, 4) is 0 Å². The second-order valence-electron chi connectivity index (χ2n) is 21.6. The molecule has 1 aliphatic carbocycles. The zero-order valence-electron chi connectivity index (χ0n) is 46.7. The maximum absolute atomic E-state index is 3.67. The van der Waals surface area contributed by atoms with Crippen LogP contribution in [0.25, 0.3) is 22.3 Å². The first-order valence-electron chi connectivity index (χ1n) is 28.1. The second-order valence-corrected chi connectivity index (χ2v) is 21.6. The Morgan fingerprint density at radius 1 is 0.225 bits per heavy atom. The summed E-state index contributed by atoms with van der Waals surface area (Å²) >= 11 is 0. The van der Waals surface area contributed by atoms with Crippen LogP contribution >= 0.6 is 0 Å². The van der Waals surface area contributed by atoms with Crippen molar-refractivity contribution in [3.05, 3.63) is 326 Å². The number of hydrogen-bond acceptors (Lipinski definition) is 5. The lowest BCUT2D eigenvalue weighted by Gasteiger charge is -2.23. The van der Waals surface area contributed by atoms with Gasteiger partial charge in [-0.25, -0.2) is 0 Å². The predicted octanol–water partition coefficient (Wildman–Crippen LogP) is 18.6. The maximum Gasteiger partial charge on any atom is 0.0400 e. The highest BCUT2D eigenvalue weighted by molar-refractivity contribution is 6.29. The molecular formula is C75H71N5. The molecule has 0 spiro atoms. The van der Waals surface area contributed by atoms with Crippen molar-refractivity contribution in [3.63, 3.8) is 0 Å². The summed E-state index contributed by atoms with van der Waals surface area (Å²) in [5.74, 6) is -0.113. The van der Waals surface area contributed by atoms with Crippen LogP contribution in [0.15, 0.2) is 243 Å². The SMILES string of the molecule is Cc1ccc(NCc2ccc(C3=C(c4ccc(CNc5ccc(C)cc5)cc4)C(c4ccc(CNc5ccc(C)cc5)cc4)C(c4ccc(CNc5ccc(C)cc5)cc4)=C3c3ccc(CNc4ccc(C)cc4)cc3)cc2)cc1. The van der Waals surface area contributed by atoms with Gasteiger partial charge in [0.15, 0.2) is 0 Å². The number of nitrogens with one attached hydrogen (secondary N) is 5. The smallest absolute Gasteiger partial charge is 0.0400 e. The molecule has 0 amide bonds. The van der Waals surface area contributed by atoms with Gasteiger partial charge >= 0.3 is 0 Å². The minimum atomic E-state index is -0.113. The van der Waals surface area contributed by atoms with E-state index in [1.54, 1.807) is 0 Å². The topological polar surface area (TPSA) is 60.1 Å². The third kappa shape index (κ3) is 13.0. The predicted molar refractivity (Wildman–Crippen MR) is 341 cm³/mol. The second kappa shape index (κ2) is 24.6. The monoisotopic (exact) mass is 1040 g/mol. The minimum absolute atomic E-state index is 0.113. The van der Waals surface area contributed by atoms with E-state index < -0.39 is 0 Å². The number of benzene rings is 10. The van der Waals surface area contributed by atoms with E-state index in [1.165, 1.54) is 106 Å². The zero-order valence-corrected chi connectivity index (χ0v) is 46.7. The molecule has 0 fully saturated rings. The molecule has 0 aliphatic heterocycles. The van der Waals surface area contributed by atoms with E-state index in [0.717, 1.165) is 61.2 Å². The molecule has 0 heterocycles. The molecule has 5 N–H and O–H groups in total. The average Bonchev–Trinajstić information content (AvgIpc) is 3.83. The first-order valence-corrected chi connectivity index (χ1v) is 28.1. The molecule has 5 nitrogen and oxygen atoms in total. The van der Waals surface area contributed by atoms with E-state index in [4.69, 9.17) is 0 Å². The molecule has 0 saturated heterocycles. The normalized spacial score (nSPS) is 12.4. The Kier molecular flexibility index (Phi) is 16.2. The van der Waals surface area contributed by atoms with Gasteiger partial charge in [0.25, 0.3) is 0 Å². The molecule has 0 atom stereocenters. The van der Waals surface area contributed by atoms with Gasteiger partial charge in [-0.15, -0.1) is 0 Å². The molecular weight excluding hydrogens is 971 g/mol. The van der Waals surface area contributed by atoms with Crippen LogP contribution < -0.4 is 26.6 Å². The summed E-state index contributed by atoms with van der Waals surface area (Å²) in [6.07, 6.45) is 0. The molecule has 5 heteroatoms. The lowest BCUT2D eigenvalue weighted by molar-refractivity contribution is 1.10. The van der Waals surface area contributed by atoms with Crippen LogP contribution in [0.2, 0.25) is 0 Å². The average molecular weight is 1040 g/mol. The first kappa shape index (κ1) is 52.7. The third-order valence-corrected chi connectivity index (χ3v) is 15.4. The number of allylic oxidation sites excluding steroid dienone is 4. The van der Waals surface area contributed by atoms with Crippen LogP contribution in [-0.4, -0.2) is 0 Å². The van der Waals surface area contributed by atoms with Crippen molar-refractivity contribution in [1.82, 2.24) is 0 Å². The van der Waals surface area contributed by atoms with Gasteiger partial charge < -0.3 is 26.6 Å². The number of aryl methyl sites for hydroxylation is 5. The summed E-state index contributed by atoms with van der Waals surface area (Å²) in [5.41, 5.74) is 29.0. The van der Waals surface area contributed by atoms with E-state index in [2.05, 4.69) is 304 Å². The number of rotatable bonds is 20. The van der Waals surface area contributed by atoms with Gasteiger partial charge in [-0.05, 0) is 173 Å². The van der Waals surface area contributed by atoms with Crippen LogP contribution in [0, 0.1) is 34.6 Å². The quantitative estimate of drug-likeness (QED) is 0.0527. The van der Waals surface area contributed by atoms with Gasteiger partial charge in [0.05, 0.1) is 0 Å². The first-order chi connectivity index (χ1) is 39.1. The van der Waals surface area contributed by atoms with Gasteiger partial charge in [0.1, 0.15) is 0 Å². The Bertz CT molecular complexity index is 3500. The van der Waals surface area contributed by atoms with Crippen molar-refractivity contribution in [2.45, 2.75) is 73.3 Å². The van der Waals surface area contributed by atoms with Gasteiger partial charge in [0.2, 0.25) is 0 Å². The van der Waals surface area contributed by atoms with Crippen LogP contribution in [0.3, 0.4) is 0 Å². The molecule has 10 aromatic rings. The van der Waals surface area contributed by atoms with Crippen LogP contribution in [0.5, 0.6) is 0 Å². The largest absolute Gasteiger partial charge is 0.381 e. The summed E-state index contributed by atoms with van der Waals surface area (Å²) in [7, 11) is 0. The minimum Gasteiger partial charge on any atom is -0.381 e. The maximum atomic E-state index is 3.67. The van der Waals surface area contributed by atoms with E-state index >= 15 is 0 Å². The fraction of sp³-hybridized carbons (Fsp3) is 0.147. The molecule has 0 aromatic heterocycles. The lowest BCUT2D eigenvalue weighted by Crippen LogP contribution is -2.06. The molecule has 11 rings (SSSR count). The van der Waals surface area contributed by atoms with Crippen molar-refractivity contribution in [2.75, 3.05) is 26.6 Å². The van der Waals surface area contributed by atoms with Crippen molar-refractivity contribution >= 4 is 50.7 Å². The van der Waals surface area contributed by atoms with Gasteiger partial charge in [0, 0.05) is 67.1 Å². The summed E-state index contributed by atoms with van der Waals surface area (Å²) in [6.45, 7) is 14.3. The highest BCUT2D eigenvalue weighted by Gasteiger charge is 2.38. The Labute approximate surface area is 474 Å². The molecule has 0 unspecified atom stereocenters. The Morgan fingerprint density at radius 3 is 0.650 bits per heavy atom. The summed E-state index contributed by atoms with van der Waals surface area (Å²) in [4.78, 5) is 0. The fourth-order valence-corrected chi connectivity index (χ4v) is 10.6. The van der Waals surface area contributed by atoms with Crippen LogP contribution in [0.1, 0.15) is 89.4 Å². The van der Waals surface area contributed by atoms with Crippen LogP contribution in [-0.2, 0) is 32.7 Å². The number of hydrogen-bond donors (Lipinski definition) is 5. The van der Waals surface area contributed by atoms with Crippen LogP contribution in [0.4, 0.5) is 28.4 Å². The summed E-state index contributed by atoms with van der Waals surface area (Å²) < 4.78 is 0. The van der Waals surface area contributed by atoms with E-state index in [0.29, 0.717) is 0 Å². The van der Waals surface area contributed by atoms with E-state index in [-0.39, 0.29) is 5.92 Å². The zero-order chi connectivity index (χ0) is 54.8. The molecule has 1 aliphatic rings. The molecule has 80 heavy (non-hydrogen) atoms. The molecule has 396 valence electrons. The van der Waals surface area contributed by atoms with E-state index in [9.17, 15) is 0 Å². The Balaban J connectivity index is 1.05. The van der Waals surface area contributed by atoms with Gasteiger partial charge in [-0.1, -0.05) is 210 Å². The Hall–Kier alpha value is -9.32. The molecule has 0 bridgehead atoms. The molecule has 0 saturated carbocycles. The van der Waals surface area contributed by atoms with Crippen molar-refractivity contribution in [1.29, 1.82) is 0 Å². The van der Waals surface area contributed by atoms with Crippen molar-refractivity contribution < 1.29 is 0 Å². The highest BCUT2D eigenvalue weighted by Crippen LogP contribution is 2.59. The standard InChI is InChI=1S/C75H71N5/c1-51-6-36-66(37-7-51)76-46-56-16-26-61(27-17-56)71-72(62-28-18-57(19-29-62)47-77-67-38-8-52(2)9-39-67)74(64-32-22-59(23-33-64)49-79-69-42-12-54(4)13-43-69)75(65-34-24-60(25-35-65)50-80-70-44-14-55(5)15-45-70)73(71)63-30-20-58(21-31-63)48-78-68-40-10-53(3)11-41-68/h6-45,71,76-80H,46-50H2,1-5H3. The van der Waals surface area contributed by atoms with Gasteiger partial charge in [-0.3, -0.25) is 0 Å². The third-order valence-electron chi connectivity index (χ3n) is 15.4. The Morgan fingerprint density at radius 2 is 0.425 bits per heavy atom. The summed E-state index contributed by atoms with van der Waals surface area (Å²) in [5, 5.41) is 18.4. The molecule has 10 aromatic carbocycles. The van der Waals surface area contributed by atoms with Crippen molar-refractivity contribution in [2.24, 2.45) is 0 Å². The fourth-order valence-electron chi connectivity index (χ4n) is 10.6. The molecule has 0 radical (unpaired) electrons. The number of anilines is 5. The van der Waals surface area contributed by atoms with E-state index in [1.807, 2.05) is 0 Å². The highest BCUT2D eigenvalue weighted by atomic mass is 14.9. The lowest BCUT2D eigenvalue weighted by atomic mass is 9.80.